The third kappa shape index (κ3) is 4.27. The van der Waals surface area contributed by atoms with Crippen molar-refractivity contribution in [2.45, 2.75) is 45.2 Å². The lowest BCUT2D eigenvalue weighted by Gasteiger charge is -2.31. The number of nitrogens with zero attached hydrogens (tertiary/aromatic N) is 2. The minimum absolute atomic E-state index is 0.156. The first-order valence-electron chi connectivity index (χ1n) is 12.9. The van der Waals surface area contributed by atoms with Crippen molar-refractivity contribution in [2.75, 3.05) is 19.0 Å². The summed E-state index contributed by atoms with van der Waals surface area (Å²) in [7, 11) is 1.67. The van der Waals surface area contributed by atoms with Crippen LogP contribution in [0.1, 0.15) is 53.1 Å². The smallest absolute Gasteiger partial charge is 0.323 e. The van der Waals surface area contributed by atoms with Gasteiger partial charge in [-0.3, -0.25) is 0 Å². The topological polar surface area (TPSA) is 55.7 Å². The molecule has 190 valence electrons. The van der Waals surface area contributed by atoms with Crippen molar-refractivity contribution in [3.63, 3.8) is 0 Å². The summed E-state index contributed by atoms with van der Waals surface area (Å²) in [4.78, 5) is 17.6. The Balaban J connectivity index is 1.49. The minimum atomic E-state index is -0.289. The van der Waals surface area contributed by atoms with Crippen LogP contribution in [-0.4, -0.2) is 29.2 Å². The van der Waals surface area contributed by atoms with Crippen molar-refractivity contribution in [2.24, 2.45) is 0 Å². The molecular formula is C30H31N3O3S. The fourth-order valence-electron chi connectivity index (χ4n) is 5.59. The van der Waals surface area contributed by atoms with E-state index in [4.69, 9.17) is 9.47 Å². The van der Waals surface area contributed by atoms with Crippen LogP contribution in [0.5, 0.6) is 11.5 Å². The Kier molecular flexibility index (Phi) is 6.38. The number of aromatic nitrogens is 1. The van der Waals surface area contributed by atoms with Crippen LogP contribution >= 0.6 is 11.3 Å². The number of thiophene rings is 1. The summed E-state index contributed by atoms with van der Waals surface area (Å²) in [6.07, 6.45) is 6.76. The van der Waals surface area contributed by atoms with Crippen LogP contribution in [0.3, 0.4) is 0 Å². The lowest BCUT2D eigenvalue weighted by molar-refractivity contribution is 0.194. The van der Waals surface area contributed by atoms with Gasteiger partial charge in [0.05, 0.1) is 37.7 Å². The molecule has 0 bridgehead atoms. The van der Waals surface area contributed by atoms with Gasteiger partial charge in [-0.1, -0.05) is 24.3 Å². The molecule has 3 heterocycles. The number of urea groups is 1. The SMILES string of the molecule is CCOc1ccccc1NC(=O)N1Cc2c(sc3c2CCCC3)-n2cccc2[C@@H]1c1cccc(OC)c1. The summed E-state index contributed by atoms with van der Waals surface area (Å²) in [6.45, 7) is 3.01. The maximum Gasteiger partial charge on any atom is 0.323 e. The predicted octanol–water partition coefficient (Wildman–Crippen LogP) is 6.96. The second kappa shape index (κ2) is 9.98. The van der Waals surface area contributed by atoms with E-state index in [0.29, 0.717) is 24.6 Å². The predicted molar refractivity (Wildman–Crippen MR) is 147 cm³/mol. The first kappa shape index (κ1) is 23.7. The maximum atomic E-state index is 14.2. The Morgan fingerprint density at radius 3 is 2.78 bits per heavy atom. The quantitative estimate of drug-likeness (QED) is 0.314. The number of fused-ring (bicyclic) bond motifs is 5. The highest BCUT2D eigenvalue weighted by Crippen LogP contribution is 2.44. The van der Waals surface area contributed by atoms with Gasteiger partial charge in [0.2, 0.25) is 0 Å². The number of nitrogens with one attached hydrogen (secondary N) is 1. The number of hydrogen-bond acceptors (Lipinski definition) is 4. The molecule has 7 heteroatoms. The number of amides is 2. The third-order valence-corrected chi connectivity index (χ3v) is 8.61. The van der Waals surface area contributed by atoms with Crippen molar-refractivity contribution in [3.8, 4) is 16.5 Å². The van der Waals surface area contributed by atoms with Crippen LogP contribution in [-0.2, 0) is 19.4 Å². The zero-order valence-electron chi connectivity index (χ0n) is 21.2. The largest absolute Gasteiger partial charge is 0.497 e. The molecule has 4 aromatic rings. The molecule has 2 aromatic carbocycles. The molecule has 2 aliphatic rings. The maximum absolute atomic E-state index is 14.2. The third-order valence-electron chi connectivity index (χ3n) is 7.28. The van der Waals surface area contributed by atoms with Gasteiger partial charge in [0.15, 0.2) is 0 Å². The van der Waals surface area contributed by atoms with E-state index in [0.717, 1.165) is 29.8 Å². The van der Waals surface area contributed by atoms with E-state index in [1.165, 1.54) is 33.8 Å². The fourth-order valence-corrected chi connectivity index (χ4v) is 6.99. The molecule has 1 atom stereocenters. The molecule has 6 nitrogen and oxygen atoms in total. The molecule has 1 aliphatic heterocycles. The van der Waals surface area contributed by atoms with Gasteiger partial charge < -0.3 is 24.3 Å². The van der Waals surface area contributed by atoms with E-state index < -0.39 is 0 Å². The molecule has 2 aromatic heterocycles. The second-order valence-electron chi connectivity index (χ2n) is 9.46. The number of hydrogen-bond donors (Lipinski definition) is 1. The molecule has 1 N–H and O–H groups in total. The van der Waals surface area contributed by atoms with Crippen LogP contribution in [0, 0.1) is 0 Å². The van der Waals surface area contributed by atoms with E-state index >= 15 is 0 Å². The van der Waals surface area contributed by atoms with Gasteiger partial charge in [-0.25, -0.2) is 4.79 Å². The lowest BCUT2D eigenvalue weighted by Crippen LogP contribution is -2.38. The van der Waals surface area contributed by atoms with E-state index in [-0.39, 0.29) is 12.1 Å². The van der Waals surface area contributed by atoms with Gasteiger partial charge in [-0.2, -0.15) is 0 Å². The summed E-state index contributed by atoms with van der Waals surface area (Å²) in [6, 6.07) is 19.4. The van der Waals surface area contributed by atoms with Crippen molar-refractivity contribution >= 4 is 23.1 Å². The zero-order chi connectivity index (χ0) is 25.4. The summed E-state index contributed by atoms with van der Waals surface area (Å²) < 4.78 is 13.7. The molecule has 0 unspecified atom stereocenters. The van der Waals surface area contributed by atoms with Gasteiger partial charge in [0.25, 0.3) is 0 Å². The Labute approximate surface area is 221 Å². The average Bonchev–Trinajstić information content (AvgIpc) is 3.52. The molecule has 6 rings (SSSR count). The van der Waals surface area contributed by atoms with Gasteiger partial charge in [-0.15, -0.1) is 11.3 Å². The van der Waals surface area contributed by atoms with Crippen LogP contribution < -0.4 is 14.8 Å². The number of carbonyl (C=O) groups excluding carboxylic acids is 1. The first-order chi connectivity index (χ1) is 18.2. The molecule has 1 aliphatic carbocycles. The Morgan fingerprint density at radius 1 is 1.05 bits per heavy atom. The van der Waals surface area contributed by atoms with Crippen LogP contribution in [0.2, 0.25) is 0 Å². The number of para-hydroxylation sites is 2. The van der Waals surface area contributed by atoms with E-state index in [9.17, 15) is 4.79 Å². The van der Waals surface area contributed by atoms with Gasteiger partial charge in [0, 0.05) is 16.6 Å². The van der Waals surface area contributed by atoms with Crippen molar-refractivity contribution < 1.29 is 14.3 Å². The van der Waals surface area contributed by atoms with E-state index in [1.54, 1.807) is 7.11 Å². The molecule has 2 amide bonds. The summed E-state index contributed by atoms with van der Waals surface area (Å²) >= 11 is 1.89. The lowest BCUT2D eigenvalue weighted by atomic mass is 9.95. The van der Waals surface area contributed by atoms with Gasteiger partial charge in [0.1, 0.15) is 16.5 Å². The van der Waals surface area contributed by atoms with Crippen molar-refractivity contribution in [3.05, 3.63) is 94.1 Å². The number of aryl methyl sites for hydroxylation is 1. The standard InChI is InChI=1S/C30H31N3O3S/c1-3-36-26-15-6-5-13-24(26)31-30(34)33-19-23-22-12-4-7-16-27(22)37-29(23)32-17-9-14-25(32)28(33)20-10-8-11-21(18-20)35-2/h5-6,8-11,13-15,17-18,28H,3-4,7,12,16,19H2,1-2H3,(H,31,34)/t28-/m0/s1. The molecule has 0 saturated heterocycles. The van der Waals surface area contributed by atoms with Crippen molar-refractivity contribution in [1.82, 2.24) is 9.47 Å². The highest BCUT2D eigenvalue weighted by Gasteiger charge is 2.36. The van der Waals surface area contributed by atoms with Crippen molar-refractivity contribution in [1.29, 1.82) is 0 Å². The Morgan fingerprint density at radius 2 is 1.92 bits per heavy atom. The molecule has 0 fully saturated rings. The number of anilines is 1. The molecule has 0 radical (unpaired) electrons. The van der Waals surface area contributed by atoms with Gasteiger partial charge >= 0.3 is 6.03 Å². The summed E-state index contributed by atoms with van der Waals surface area (Å²) in [5.74, 6) is 1.44. The van der Waals surface area contributed by atoms with Crippen LogP contribution in [0.25, 0.3) is 5.00 Å². The number of ether oxygens (including phenoxy) is 2. The molecule has 0 spiro atoms. The van der Waals surface area contributed by atoms with Crippen LogP contribution in [0.4, 0.5) is 10.5 Å². The monoisotopic (exact) mass is 513 g/mol. The summed E-state index contributed by atoms with van der Waals surface area (Å²) in [5.41, 5.74) is 5.46. The minimum Gasteiger partial charge on any atom is -0.497 e. The second-order valence-corrected chi connectivity index (χ2v) is 10.5. The van der Waals surface area contributed by atoms with E-state index in [2.05, 4.69) is 34.3 Å². The highest BCUT2D eigenvalue weighted by molar-refractivity contribution is 7.15. The molecular weight excluding hydrogens is 482 g/mol. The molecule has 37 heavy (non-hydrogen) atoms. The Bertz CT molecular complexity index is 1440. The average molecular weight is 514 g/mol. The highest BCUT2D eigenvalue weighted by atomic mass is 32.1. The van der Waals surface area contributed by atoms with E-state index in [1.807, 2.05) is 65.6 Å². The Hall–Kier alpha value is -3.71. The van der Waals surface area contributed by atoms with Crippen LogP contribution in [0.15, 0.2) is 66.9 Å². The fraction of sp³-hybridized carbons (Fsp3) is 0.300. The zero-order valence-corrected chi connectivity index (χ0v) is 22.0. The number of methoxy groups -OCH3 is 1. The molecule has 0 saturated carbocycles. The number of rotatable bonds is 5. The first-order valence-corrected chi connectivity index (χ1v) is 13.7. The summed E-state index contributed by atoms with van der Waals surface area (Å²) in [5, 5.41) is 4.41. The normalized spacial score (nSPS) is 16.3. The van der Waals surface area contributed by atoms with Gasteiger partial charge in [-0.05, 0) is 80.1 Å². The number of carbonyl (C=O) groups is 1. The number of benzene rings is 2.